The zero-order chi connectivity index (χ0) is 11.3. The molecule has 0 atom stereocenters. The molecule has 0 saturated carbocycles. The number of benzene rings is 1. The molecule has 0 bridgehead atoms. The van der Waals surface area contributed by atoms with Crippen LogP contribution in [0.15, 0.2) is 29.2 Å². The highest BCUT2D eigenvalue weighted by Crippen LogP contribution is 2.21. The van der Waals surface area contributed by atoms with E-state index < -0.39 is 12.4 Å². The van der Waals surface area contributed by atoms with Crippen molar-refractivity contribution in [2.45, 2.75) is 17.7 Å². The smallest absolute Gasteiger partial charge is 0.335 e. The monoisotopic (exact) mass is 232 g/mol. The lowest BCUT2D eigenvalue weighted by atomic mass is 10.2. The Morgan fingerprint density at radius 3 is 2.80 bits per heavy atom. The fourth-order valence-corrected chi connectivity index (χ4v) is 1.90. The summed E-state index contributed by atoms with van der Waals surface area (Å²) in [5.41, 5.74) is 0.178. The third-order valence-corrected chi connectivity index (χ3v) is 2.71. The van der Waals surface area contributed by atoms with Crippen molar-refractivity contribution in [3.05, 3.63) is 29.8 Å². The molecule has 0 amide bonds. The number of hydrogen-bond acceptors (Lipinski definition) is 2. The highest BCUT2D eigenvalue weighted by atomic mass is 32.2. The fourth-order valence-electron chi connectivity index (χ4n) is 0.985. The first-order valence-corrected chi connectivity index (χ1v) is 5.32. The Balaban J connectivity index is 2.54. The average molecular weight is 232 g/mol. The minimum atomic E-state index is -2.31. The molecule has 0 fully saturated rings. The van der Waals surface area contributed by atoms with Gasteiger partial charge in [-0.2, -0.15) is 0 Å². The van der Waals surface area contributed by atoms with Crippen LogP contribution in [-0.4, -0.2) is 23.3 Å². The van der Waals surface area contributed by atoms with Crippen LogP contribution < -0.4 is 0 Å². The number of halogens is 2. The fraction of sp³-hybridized carbons (Fsp3) is 0.300. The van der Waals surface area contributed by atoms with Gasteiger partial charge in [-0.05, 0) is 18.2 Å². The van der Waals surface area contributed by atoms with Gasteiger partial charge in [0.1, 0.15) is 0 Å². The second-order valence-corrected chi connectivity index (χ2v) is 4.03. The molecule has 5 heteroatoms. The molecule has 0 aliphatic rings. The van der Waals surface area contributed by atoms with Crippen LogP contribution >= 0.6 is 11.8 Å². The molecule has 2 nitrogen and oxygen atoms in total. The molecular formula is C10H10F2O2S. The van der Waals surface area contributed by atoms with Crippen LogP contribution in [0, 0.1) is 0 Å². The lowest BCUT2D eigenvalue weighted by Gasteiger charge is -2.02. The Bertz CT molecular complexity index is 342. The minimum Gasteiger partial charge on any atom is -0.478 e. The molecule has 0 heterocycles. The van der Waals surface area contributed by atoms with E-state index in [0.717, 1.165) is 0 Å². The first-order valence-electron chi connectivity index (χ1n) is 4.34. The number of carbonyl (C=O) groups is 1. The Labute approximate surface area is 90.3 Å². The van der Waals surface area contributed by atoms with Crippen molar-refractivity contribution >= 4 is 17.7 Å². The third kappa shape index (κ3) is 4.29. The summed E-state index contributed by atoms with van der Waals surface area (Å²) in [7, 11) is 0. The molecule has 0 unspecified atom stereocenters. The van der Waals surface area contributed by atoms with E-state index in [9.17, 15) is 13.6 Å². The molecule has 1 aromatic carbocycles. The van der Waals surface area contributed by atoms with Crippen molar-refractivity contribution in [3.8, 4) is 0 Å². The average Bonchev–Trinajstić information content (AvgIpc) is 2.17. The number of alkyl halides is 2. The molecule has 0 aliphatic carbocycles. The van der Waals surface area contributed by atoms with Crippen molar-refractivity contribution < 1.29 is 18.7 Å². The predicted molar refractivity (Wildman–Crippen MR) is 54.7 cm³/mol. The standard InChI is InChI=1S/C10H10F2O2S/c11-9(12)4-5-15-8-3-1-2-7(6-8)10(13)14/h1-3,6,9H,4-5H2,(H,13,14). The molecule has 1 N–H and O–H groups in total. The van der Waals surface area contributed by atoms with Gasteiger partial charge in [-0.3, -0.25) is 0 Å². The zero-order valence-electron chi connectivity index (χ0n) is 7.82. The van der Waals surface area contributed by atoms with Crippen LogP contribution in [0.4, 0.5) is 8.78 Å². The Morgan fingerprint density at radius 1 is 1.47 bits per heavy atom. The molecule has 0 saturated heterocycles. The van der Waals surface area contributed by atoms with Crippen LogP contribution in [0.2, 0.25) is 0 Å². The maximum absolute atomic E-state index is 11.8. The van der Waals surface area contributed by atoms with Gasteiger partial charge in [0, 0.05) is 17.1 Å². The van der Waals surface area contributed by atoms with Gasteiger partial charge in [-0.15, -0.1) is 11.8 Å². The van der Waals surface area contributed by atoms with Crippen LogP contribution in [0.3, 0.4) is 0 Å². The number of hydrogen-bond donors (Lipinski definition) is 1. The molecule has 15 heavy (non-hydrogen) atoms. The second kappa shape index (κ2) is 5.70. The topological polar surface area (TPSA) is 37.3 Å². The maximum Gasteiger partial charge on any atom is 0.335 e. The molecule has 1 rings (SSSR count). The van der Waals surface area contributed by atoms with Gasteiger partial charge in [-0.25, -0.2) is 13.6 Å². The maximum atomic E-state index is 11.8. The molecular weight excluding hydrogens is 222 g/mol. The molecule has 0 aliphatic heterocycles. The Kier molecular flexibility index (Phi) is 4.55. The SMILES string of the molecule is O=C(O)c1cccc(SCCC(F)F)c1. The molecule has 82 valence electrons. The van der Waals surface area contributed by atoms with Gasteiger partial charge in [0.2, 0.25) is 6.43 Å². The van der Waals surface area contributed by atoms with Crippen molar-refractivity contribution in [1.29, 1.82) is 0 Å². The summed E-state index contributed by atoms with van der Waals surface area (Å²) in [5.74, 6) is -0.716. The van der Waals surface area contributed by atoms with Gasteiger partial charge >= 0.3 is 5.97 Å². The van der Waals surface area contributed by atoms with Crippen LogP contribution in [0.1, 0.15) is 16.8 Å². The van der Waals surface area contributed by atoms with E-state index in [-0.39, 0.29) is 12.0 Å². The largest absolute Gasteiger partial charge is 0.478 e. The molecule has 1 aromatic rings. The highest BCUT2D eigenvalue weighted by Gasteiger charge is 2.05. The highest BCUT2D eigenvalue weighted by molar-refractivity contribution is 7.99. The number of carboxylic acids is 1. The normalized spacial score (nSPS) is 10.6. The lowest BCUT2D eigenvalue weighted by Crippen LogP contribution is -1.96. The summed E-state index contributed by atoms with van der Waals surface area (Å²) < 4.78 is 23.7. The molecule has 0 aromatic heterocycles. The van der Waals surface area contributed by atoms with E-state index in [1.807, 2.05) is 0 Å². The molecule has 0 spiro atoms. The lowest BCUT2D eigenvalue weighted by molar-refractivity contribution is 0.0696. The van der Waals surface area contributed by atoms with Crippen molar-refractivity contribution in [2.24, 2.45) is 0 Å². The quantitative estimate of drug-likeness (QED) is 0.792. The number of aromatic carboxylic acids is 1. The number of rotatable bonds is 5. The Hall–Kier alpha value is -1.10. The van der Waals surface area contributed by atoms with Crippen LogP contribution in [-0.2, 0) is 0 Å². The van der Waals surface area contributed by atoms with Gasteiger partial charge in [-0.1, -0.05) is 6.07 Å². The number of carboxylic acid groups (broad SMARTS) is 1. The summed E-state index contributed by atoms with van der Waals surface area (Å²) in [6.45, 7) is 0. The summed E-state index contributed by atoms with van der Waals surface area (Å²) in [5, 5.41) is 8.69. The zero-order valence-corrected chi connectivity index (χ0v) is 8.64. The van der Waals surface area contributed by atoms with Gasteiger partial charge in [0.25, 0.3) is 0 Å². The van der Waals surface area contributed by atoms with E-state index >= 15 is 0 Å². The number of thioether (sulfide) groups is 1. The summed E-state index contributed by atoms with van der Waals surface area (Å²) in [6.07, 6.45) is -2.48. The van der Waals surface area contributed by atoms with Crippen molar-refractivity contribution in [2.75, 3.05) is 5.75 Å². The Morgan fingerprint density at radius 2 is 2.20 bits per heavy atom. The van der Waals surface area contributed by atoms with Gasteiger partial charge in [0.15, 0.2) is 0 Å². The van der Waals surface area contributed by atoms with Crippen LogP contribution in [0.25, 0.3) is 0 Å². The minimum absolute atomic E-state index is 0.178. The van der Waals surface area contributed by atoms with Gasteiger partial charge < -0.3 is 5.11 Å². The van der Waals surface area contributed by atoms with E-state index in [1.54, 1.807) is 12.1 Å². The van der Waals surface area contributed by atoms with E-state index in [4.69, 9.17) is 5.11 Å². The second-order valence-electron chi connectivity index (χ2n) is 2.86. The van der Waals surface area contributed by atoms with E-state index in [1.165, 1.54) is 23.9 Å². The predicted octanol–water partition coefficient (Wildman–Crippen LogP) is 3.13. The third-order valence-electron chi connectivity index (χ3n) is 1.69. The van der Waals surface area contributed by atoms with Crippen molar-refractivity contribution in [3.63, 3.8) is 0 Å². The first-order chi connectivity index (χ1) is 7.09. The summed E-state index contributed by atoms with van der Waals surface area (Å²) >= 11 is 1.24. The van der Waals surface area contributed by atoms with E-state index in [0.29, 0.717) is 10.6 Å². The van der Waals surface area contributed by atoms with Crippen LogP contribution in [0.5, 0.6) is 0 Å². The summed E-state index contributed by atoms with van der Waals surface area (Å²) in [4.78, 5) is 11.3. The molecule has 0 radical (unpaired) electrons. The van der Waals surface area contributed by atoms with Crippen molar-refractivity contribution in [1.82, 2.24) is 0 Å². The van der Waals surface area contributed by atoms with E-state index in [2.05, 4.69) is 0 Å². The van der Waals surface area contributed by atoms with Gasteiger partial charge in [0.05, 0.1) is 5.56 Å². The first kappa shape index (κ1) is 12.0. The summed E-state index contributed by atoms with van der Waals surface area (Å²) in [6, 6.07) is 6.27.